The number of nitrogens with one attached hydrogen (secondary N) is 1. The summed E-state index contributed by atoms with van der Waals surface area (Å²) in [6, 6.07) is 12.2. The quantitative estimate of drug-likeness (QED) is 0.327. The van der Waals surface area contributed by atoms with E-state index >= 15 is 0 Å². The Morgan fingerprint density at radius 1 is 1.24 bits per heavy atom. The van der Waals surface area contributed by atoms with E-state index in [1.807, 2.05) is 33.8 Å². The van der Waals surface area contributed by atoms with Crippen LogP contribution in [0, 0.1) is 39.0 Å². The van der Waals surface area contributed by atoms with Crippen molar-refractivity contribution >= 4 is 23.3 Å². The first-order valence-corrected chi connectivity index (χ1v) is 12.1. The highest BCUT2D eigenvalue weighted by Gasteiger charge is 2.20. The Balaban J connectivity index is 1.81. The fourth-order valence-corrected chi connectivity index (χ4v) is 5.29. The van der Waals surface area contributed by atoms with Crippen molar-refractivity contribution in [1.29, 1.82) is 5.26 Å². The van der Waals surface area contributed by atoms with Crippen LogP contribution in [-0.4, -0.2) is 29.2 Å². The predicted octanol–water partition coefficient (Wildman–Crippen LogP) is 5.84. The molecule has 0 bridgehead atoms. The largest absolute Gasteiger partial charge is 0.383 e. The Morgan fingerprint density at radius 2 is 1.91 bits per heavy atom. The average molecular weight is 477 g/mol. The molecule has 3 aromatic rings. The van der Waals surface area contributed by atoms with Gasteiger partial charge in [0.2, 0.25) is 0 Å². The maximum Gasteiger partial charge on any atom is 0.262 e. The lowest BCUT2D eigenvalue weighted by Crippen LogP contribution is -2.27. The summed E-state index contributed by atoms with van der Waals surface area (Å²) in [5, 5.41) is 13.6. The highest BCUT2D eigenvalue weighted by Crippen LogP contribution is 2.32. The molecule has 0 saturated heterocycles. The van der Waals surface area contributed by atoms with Crippen LogP contribution in [0.15, 0.2) is 35.9 Å². The van der Waals surface area contributed by atoms with E-state index in [9.17, 15) is 10.1 Å². The number of carbonyl (C=O) groups excluding carboxylic acids is 1. The van der Waals surface area contributed by atoms with E-state index in [-0.39, 0.29) is 17.7 Å². The van der Waals surface area contributed by atoms with Crippen molar-refractivity contribution in [2.45, 2.75) is 53.6 Å². The molecule has 178 valence electrons. The van der Waals surface area contributed by atoms with Crippen LogP contribution in [0.1, 0.15) is 59.0 Å². The van der Waals surface area contributed by atoms with Gasteiger partial charge >= 0.3 is 0 Å². The van der Waals surface area contributed by atoms with Crippen molar-refractivity contribution in [3.8, 4) is 16.6 Å². The summed E-state index contributed by atoms with van der Waals surface area (Å²) < 4.78 is 7.46. The Labute approximate surface area is 205 Å². The number of nitrogens with zero attached hydrogens (tertiary/aromatic N) is 3. The minimum Gasteiger partial charge on any atom is -0.383 e. The lowest BCUT2D eigenvalue weighted by molar-refractivity contribution is -0.117. The monoisotopic (exact) mass is 476 g/mol. The minimum absolute atomic E-state index is 0.0763. The summed E-state index contributed by atoms with van der Waals surface area (Å²) in [5.41, 5.74) is 6.12. The molecule has 0 aliphatic carbocycles. The molecule has 7 heteroatoms. The van der Waals surface area contributed by atoms with Gasteiger partial charge in [0.15, 0.2) is 0 Å². The maximum atomic E-state index is 13.0. The molecule has 0 fully saturated rings. The predicted molar refractivity (Wildman–Crippen MR) is 138 cm³/mol. The molecule has 2 unspecified atom stereocenters. The SMILES string of the molecule is COCC(C)n1c(C)cc(/C=C(/C#N)C(=O)NC(C)c2sc(-c3ccc(C)cc3)nc2C)c1C. The third kappa shape index (κ3) is 5.46. The molecule has 1 aromatic carbocycles. The van der Waals surface area contributed by atoms with E-state index in [1.165, 1.54) is 5.56 Å². The first-order valence-electron chi connectivity index (χ1n) is 11.3. The van der Waals surface area contributed by atoms with Crippen molar-refractivity contribution in [2.75, 3.05) is 13.7 Å². The number of carbonyl (C=O) groups is 1. The molecule has 0 radical (unpaired) electrons. The minimum atomic E-state index is -0.394. The second-order valence-electron chi connectivity index (χ2n) is 8.70. The summed E-state index contributed by atoms with van der Waals surface area (Å²) >= 11 is 1.56. The molecule has 34 heavy (non-hydrogen) atoms. The standard InChI is InChI=1S/C27H32N4O2S/c1-16-8-10-22(11-9-16)27-30-20(5)25(34-27)19(4)29-26(32)24(14-28)13-23-12-17(2)31(21(23)6)18(3)15-33-7/h8-13,18-19H,15H2,1-7H3,(H,29,32)/b24-13-. The van der Waals surface area contributed by atoms with Crippen LogP contribution in [0.3, 0.4) is 0 Å². The molecule has 1 N–H and O–H groups in total. The molecular weight excluding hydrogens is 444 g/mol. The van der Waals surface area contributed by atoms with Gasteiger partial charge in [0, 0.05) is 24.1 Å². The number of ether oxygens (including phenoxy) is 1. The Hall–Kier alpha value is -3.21. The smallest absolute Gasteiger partial charge is 0.262 e. The van der Waals surface area contributed by atoms with Crippen LogP contribution in [0.2, 0.25) is 0 Å². The zero-order chi connectivity index (χ0) is 25.0. The van der Waals surface area contributed by atoms with Crippen molar-refractivity contribution in [3.63, 3.8) is 0 Å². The molecule has 0 saturated carbocycles. The number of thiazole rings is 1. The van der Waals surface area contributed by atoms with Crippen LogP contribution >= 0.6 is 11.3 Å². The first kappa shape index (κ1) is 25.4. The number of aryl methyl sites for hydroxylation is 3. The average Bonchev–Trinajstić information content (AvgIpc) is 3.31. The van der Waals surface area contributed by atoms with Crippen LogP contribution in [0.4, 0.5) is 0 Å². The van der Waals surface area contributed by atoms with Gasteiger partial charge in [-0.3, -0.25) is 4.79 Å². The van der Waals surface area contributed by atoms with Gasteiger partial charge in [-0.15, -0.1) is 11.3 Å². The van der Waals surface area contributed by atoms with E-state index in [0.29, 0.717) is 6.61 Å². The molecule has 0 aliphatic heterocycles. The van der Waals surface area contributed by atoms with E-state index in [0.717, 1.165) is 38.1 Å². The number of hydrogen-bond acceptors (Lipinski definition) is 5. The lowest BCUT2D eigenvalue weighted by Gasteiger charge is -2.17. The van der Waals surface area contributed by atoms with Gasteiger partial charge in [0.25, 0.3) is 5.91 Å². The number of hydrogen-bond donors (Lipinski definition) is 1. The summed E-state index contributed by atoms with van der Waals surface area (Å²) in [5.74, 6) is -0.394. The highest BCUT2D eigenvalue weighted by molar-refractivity contribution is 7.15. The van der Waals surface area contributed by atoms with E-state index in [1.54, 1.807) is 24.5 Å². The van der Waals surface area contributed by atoms with Gasteiger partial charge in [0.1, 0.15) is 16.6 Å². The number of nitriles is 1. The molecule has 0 spiro atoms. The number of aromatic nitrogens is 2. The van der Waals surface area contributed by atoms with Gasteiger partial charge in [0.05, 0.1) is 29.3 Å². The number of rotatable bonds is 8. The molecule has 1 amide bonds. The van der Waals surface area contributed by atoms with E-state index in [4.69, 9.17) is 9.72 Å². The van der Waals surface area contributed by atoms with E-state index < -0.39 is 5.91 Å². The fraction of sp³-hybridized carbons (Fsp3) is 0.370. The first-order chi connectivity index (χ1) is 16.2. The maximum absolute atomic E-state index is 13.0. The van der Waals surface area contributed by atoms with Gasteiger partial charge in [-0.2, -0.15) is 5.26 Å². The van der Waals surface area contributed by atoms with Crippen LogP contribution in [-0.2, 0) is 9.53 Å². The topological polar surface area (TPSA) is 79.9 Å². The van der Waals surface area contributed by atoms with Crippen LogP contribution < -0.4 is 5.32 Å². The number of amides is 1. The zero-order valence-electron chi connectivity index (χ0n) is 20.9. The molecule has 0 aliphatic rings. The number of methoxy groups -OCH3 is 1. The number of benzene rings is 1. The van der Waals surface area contributed by atoms with Gasteiger partial charge in [-0.25, -0.2) is 4.98 Å². The summed E-state index contributed by atoms with van der Waals surface area (Å²) in [4.78, 5) is 18.7. The summed E-state index contributed by atoms with van der Waals surface area (Å²) in [6.45, 7) is 12.6. The molecule has 3 rings (SSSR count). The van der Waals surface area contributed by atoms with Gasteiger partial charge < -0.3 is 14.6 Å². The fourth-order valence-electron chi connectivity index (χ4n) is 4.22. The Morgan fingerprint density at radius 3 is 2.53 bits per heavy atom. The van der Waals surface area contributed by atoms with Crippen molar-refractivity contribution in [1.82, 2.24) is 14.9 Å². The second-order valence-corrected chi connectivity index (χ2v) is 9.73. The molecule has 2 heterocycles. The third-order valence-electron chi connectivity index (χ3n) is 5.91. The third-order valence-corrected chi connectivity index (χ3v) is 7.30. The van der Waals surface area contributed by atoms with Crippen molar-refractivity contribution in [3.05, 3.63) is 69.0 Å². The van der Waals surface area contributed by atoms with Crippen molar-refractivity contribution in [2.24, 2.45) is 0 Å². The Bertz CT molecular complexity index is 1240. The summed E-state index contributed by atoms with van der Waals surface area (Å²) in [7, 11) is 1.68. The molecule has 2 atom stereocenters. The Kier molecular flexibility index (Phi) is 8.08. The van der Waals surface area contributed by atoms with Gasteiger partial charge in [-0.05, 0) is 59.2 Å². The van der Waals surface area contributed by atoms with Crippen LogP contribution in [0.25, 0.3) is 16.6 Å². The lowest BCUT2D eigenvalue weighted by atomic mass is 10.1. The highest BCUT2D eigenvalue weighted by atomic mass is 32.1. The normalized spacial score (nSPS) is 13.4. The molecule has 6 nitrogen and oxygen atoms in total. The second kappa shape index (κ2) is 10.8. The summed E-state index contributed by atoms with van der Waals surface area (Å²) in [6.07, 6.45) is 1.66. The van der Waals surface area contributed by atoms with Crippen LogP contribution in [0.5, 0.6) is 0 Å². The zero-order valence-corrected chi connectivity index (χ0v) is 21.7. The van der Waals surface area contributed by atoms with E-state index in [2.05, 4.69) is 54.1 Å². The molecule has 2 aromatic heterocycles. The molecular formula is C27H32N4O2S. The van der Waals surface area contributed by atoms with Crippen molar-refractivity contribution < 1.29 is 9.53 Å². The van der Waals surface area contributed by atoms with Gasteiger partial charge in [-0.1, -0.05) is 29.8 Å².